The molecule has 1 unspecified atom stereocenters. The van der Waals surface area contributed by atoms with E-state index >= 15 is 0 Å². The van der Waals surface area contributed by atoms with Crippen LogP contribution in [0.2, 0.25) is 0 Å². The monoisotopic (exact) mass is 272 g/mol. The highest BCUT2D eigenvalue weighted by Crippen LogP contribution is 2.22. The third-order valence-corrected chi connectivity index (χ3v) is 2.52. The van der Waals surface area contributed by atoms with Gasteiger partial charge in [-0.3, -0.25) is 10.6 Å². The van der Waals surface area contributed by atoms with E-state index in [9.17, 15) is 9.59 Å². The summed E-state index contributed by atoms with van der Waals surface area (Å²) in [5.41, 5.74) is 4.03. The first kappa shape index (κ1) is 15.8. The summed E-state index contributed by atoms with van der Waals surface area (Å²) in [7, 11) is 0. The lowest BCUT2D eigenvalue weighted by Crippen LogP contribution is -2.47. The second-order valence-electron chi connectivity index (χ2n) is 6.36. The first-order valence-corrected chi connectivity index (χ1v) is 6.51. The van der Waals surface area contributed by atoms with Crippen molar-refractivity contribution in [1.29, 1.82) is 0 Å². The minimum Gasteiger partial charge on any atom is -0.444 e. The Balaban J connectivity index is 2.69. The summed E-state index contributed by atoms with van der Waals surface area (Å²) in [5.74, 6) is -0.476. The lowest BCUT2D eigenvalue weighted by Gasteiger charge is -2.29. The number of likely N-dealkylation sites (tertiary alicyclic amines) is 1. The zero-order valence-corrected chi connectivity index (χ0v) is 12.4. The molecule has 0 radical (unpaired) electrons. The van der Waals surface area contributed by atoms with Gasteiger partial charge in [0.1, 0.15) is 11.6 Å². The molecule has 2 N–H and O–H groups in total. The molecule has 1 aliphatic rings. The highest BCUT2D eigenvalue weighted by Gasteiger charge is 2.38. The summed E-state index contributed by atoms with van der Waals surface area (Å²) in [5, 5.41) is 0. The molecule has 1 atom stereocenters. The van der Waals surface area contributed by atoms with Crippen molar-refractivity contribution in [2.45, 2.75) is 64.8 Å². The summed E-state index contributed by atoms with van der Waals surface area (Å²) in [6, 6.07) is -0.599. The van der Waals surface area contributed by atoms with Gasteiger partial charge in [-0.25, -0.2) is 9.59 Å². The lowest BCUT2D eigenvalue weighted by atomic mass is 10.2. The molecule has 1 rings (SSSR count). The number of hydrogen-bond donors (Lipinski definition) is 1. The van der Waals surface area contributed by atoms with E-state index < -0.39 is 29.4 Å². The molecular formula is C13H24N2O4. The highest BCUT2D eigenvalue weighted by atomic mass is 16.6. The summed E-state index contributed by atoms with van der Waals surface area (Å²) < 4.78 is 10.4. The fourth-order valence-corrected chi connectivity index (χ4v) is 1.88. The fourth-order valence-electron chi connectivity index (χ4n) is 1.88. The maximum Gasteiger partial charge on any atom is 0.411 e. The number of carbonyl (C=O) groups excluding carboxylic acids is 2. The number of nitrogens with zero attached hydrogens (tertiary/aromatic N) is 1. The molecule has 19 heavy (non-hydrogen) atoms. The number of rotatable bonds is 2. The molecule has 0 aromatic heterocycles. The van der Waals surface area contributed by atoms with Crippen LogP contribution in [0.15, 0.2) is 0 Å². The Morgan fingerprint density at radius 3 is 2.21 bits per heavy atom. The van der Waals surface area contributed by atoms with Crippen LogP contribution in [-0.2, 0) is 14.3 Å². The number of nitrogens with two attached hydrogens (primary N) is 1. The maximum atomic E-state index is 12.0. The smallest absolute Gasteiger partial charge is 0.411 e. The summed E-state index contributed by atoms with van der Waals surface area (Å²) in [6.07, 6.45) is 0.847. The van der Waals surface area contributed by atoms with Gasteiger partial charge in [-0.15, -0.1) is 0 Å². The fraction of sp³-hybridized carbons (Fsp3) is 0.846. The van der Waals surface area contributed by atoms with E-state index in [0.717, 1.165) is 6.42 Å². The molecular weight excluding hydrogens is 248 g/mol. The van der Waals surface area contributed by atoms with E-state index in [1.165, 1.54) is 4.90 Å². The number of hydrogen-bond acceptors (Lipinski definition) is 5. The van der Waals surface area contributed by atoms with Crippen LogP contribution >= 0.6 is 0 Å². The Labute approximate surface area is 114 Å². The number of amides is 1. The van der Waals surface area contributed by atoms with E-state index in [1.807, 2.05) is 0 Å². The average molecular weight is 272 g/mol. The van der Waals surface area contributed by atoms with Gasteiger partial charge in [0.2, 0.25) is 0 Å². The molecule has 1 amide bonds. The molecule has 0 bridgehead atoms. The Hall–Kier alpha value is -1.30. The maximum absolute atomic E-state index is 12.0. The zero-order valence-electron chi connectivity index (χ0n) is 12.4. The van der Waals surface area contributed by atoms with Crippen molar-refractivity contribution in [1.82, 2.24) is 4.90 Å². The average Bonchev–Trinajstić information content (AvgIpc) is 2.59. The van der Waals surface area contributed by atoms with Crippen LogP contribution in [0.5, 0.6) is 0 Å². The molecule has 1 aliphatic heterocycles. The minimum atomic E-state index is -1.04. The van der Waals surface area contributed by atoms with Crippen LogP contribution in [0, 0.1) is 0 Å². The topological polar surface area (TPSA) is 81.9 Å². The van der Waals surface area contributed by atoms with Gasteiger partial charge < -0.3 is 9.47 Å². The molecule has 1 fully saturated rings. The molecule has 6 nitrogen and oxygen atoms in total. The van der Waals surface area contributed by atoms with Crippen LogP contribution in [0.1, 0.15) is 47.5 Å². The van der Waals surface area contributed by atoms with Crippen LogP contribution in [-0.4, -0.2) is 40.9 Å². The van der Waals surface area contributed by atoms with Gasteiger partial charge in [0.05, 0.1) is 0 Å². The Morgan fingerprint density at radius 1 is 1.16 bits per heavy atom. The molecule has 0 aromatic rings. The van der Waals surface area contributed by atoms with Crippen molar-refractivity contribution in [2.24, 2.45) is 5.73 Å². The van der Waals surface area contributed by atoms with Crippen LogP contribution in [0.3, 0.4) is 0 Å². The summed E-state index contributed by atoms with van der Waals surface area (Å²) in [4.78, 5) is 25.4. The van der Waals surface area contributed by atoms with E-state index in [4.69, 9.17) is 15.2 Å². The number of esters is 1. The highest BCUT2D eigenvalue weighted by molar-refractivity contribution is 5.82. The van der Waals surface area contributed by atoms with E-state index in [0.29, 0.717) is 13.0 Å². The van der Waals surface area contributed by atoms with Crippen molar-refractivity contribution >= 4 is 12.1 Å². The molecule has 1 heterocycles. The molecule has 0 aliphatic carbocycles. The molecule has 6 heteroatoms. The van der Waals surface area contributed by atoms with Crippen molar-refractivity contribution < 1.29 is 19.1 Å². The largest absolute Gasteiger partial charge is 0.444 e. The van der Waals surface area contributed by atoms with E-state index in [1.54, 1.807) is 34.6 Å². The SMILES string of the molecule is CC(C)(C)OC(=O)N1CCCC1C(=O)OC(C)(C)N. The van der Waals surface area contributed by atoms with Crippen LogP contribution < -0.4 is 5.73 Å². The Bertz CT molecular complexity index is 321. The molecule has 1 saturated heterocycles. The van der Waals surface area contributed by atoms with Crippen molar-refractivity contribution in [3.63, 3.8) is 0 Å². The van der Waals surface area contributed by atoms with E-state index in [-0.39, 0.29) is 0 Å². The molecule has 0 aromatic carbocycles. The predicted octanol–water partition coefficient (Wildman–Crippen LogP) is 1.62. The van der Waals surface area contributed by atoms with Crippen molar-refractivity contribution in [3.05, 3.63) is 0 Å². The first-order valence-electron chi connectivity index (χ1n) is 6.51. The molecule has 110 valence electrons. The Morgan fingerprint density at radius 2 is 1.74 bits per heavy atom. The van der Waals surface area contributed by atoms with Gasteiger partial charge in [0.25, 0.3) is 0 Å². The van der Waals surface area contributed by atoms with Gasteiger partial charge in [-0.2, -0.15) is 0 Å². The van der Waals surface area contributed by atoms with Crippen molar-refractivity contribution in [3.8, 4) is 0 Å². The Kier molecular flexibility index (Phi) is 4.45. The number of ether oxygens (including phenoxy) is 2. The van der Waals surface area contributed by atoms with Gasteiger partial charge in [0, 0.05) is 6.54 Å². The van der Waals surface area contributed by atoms with Crippen LogP contribution in [0.4, 0.5) is 4.79 Å². The second kappa shape index (κ2) is 5.36. The minimum absolute atomic E-state index is 0.476. The molecule has 0 saturated carbocycles. The number of carbonyl (C=O) groups is 2. The lowest BCUT2D eigenvalue weighted by molar-refractivity contribution is -0.161. The third-order valence-electron chi connectivity index (χ3n) is 2.52. The second-order valence-corrected chi connectivity index (χ2v) is 6.36. The quantitative estimate of drug-likeness (QED) is 0.610. The normalized spacial score (nSPS) is 20.3. The van der Waals surface area contributed by atoms with Crippen LogP contribution in [0.25, 0.3) is 0 Å². The predicted molar refractivity (Wildman–Crippen MR) is 70.3 cm³/mol. The van der Waals surface area contributed by atoms with Crippen molar-refractivity contribution in [2.75, 3.05) is 6.54 Å². The van der Waals surface area contributed by atoms with E-state index in [2.05, 4.69) is 0 Å². The van der Waals surface area contributed by atoms with Gasteiger partial charge in [-0.1, -0.05) is 0 Å². The zero-order chi connectivity index (χ0) is 14.8. The summed E-state index contributed by atoms with van der Waals surface area (Å²) >= 11 is 0. The van der Waals surface area contributed by atoms with Gasteiger partial charge in [-0.05, 0) is 47.5 Å². The third kappa shape index (κ3) is 5.06. The summed E-state index contributed by atoms with van der Waals surface area (Å²) in [6.45, 7) is 9.06. The molecule has 0 spiro atoms. The standard InChI is InChI=1S/C13H24N2O4/c1-12(2,3)19-11(17)15-8-6-7-9(15)10(16)18-13(4,5)14/h9H,6-8,14H2,1-5H3. The van der Waals surface area contributed by atoms with Gasteiger partial charge in [0.15, 0.2) is 5.72 Å². The van der Waals surface area contributed by atoms with Gasteiger partial charge >= 0.3 is 12.1 Å². The first-order chi connectivity index (χ1) is 8.49.